The maximum absolute atomic E-state index is 12.9. The van der Waals surface area contributed by atoms with E-state index in [-0.39, 0.29) is 30.4 Å². The monoisotopic (exact) mass is 531 g/mol. The lowest BCUT2D eigenvalue weighted by atomic mass is 9.95. The Bertz CT molecular complexity index is 1140. The molecule has 1 atom stereocenters. The number of carbonyl (C=O) groups is 2. The summed E-state index contributed by atoms with van der Waals surface area (Å²) in [6.45, 7) is 4.02. The average molecular weight is 532 g/mol. The Morgan fingerprint density at radius 1 is 1.21 bits per heavy atom. The Kier molecular flexibility index (Phi) is 7.49. The molecule has 1 aromatic carbocycles. The van der Waals surface area contributed by atoms with Gasteiger partial charge in [-0.3, -0.25) is 4.79 Å². The molecule has 0 spiro atoms. The minimum Gasteiger partial charge on any atom is -0.471 e. The number of ether oxygens (including phenoxy) is 2. The summed E-state index contributed by atoms with van der Waals surface area (Å²) in [4.78, 5) is 27.0. The standard InChI is InChI=1S/C24H26BrN3O4S/c1-3-15(2)32-24(30)21-18-6-4-5-7-20(18)33-23(21)26-22(29)19-12-13-28(27-19)14-31-17-10-8-16(25)9-11-17/h8-13,15H,3-7,14H2,1-2H3,(H,26,29). The predicted octanol–water partition coefficient (Wildman–Crippen LogP) is 5.83. The number of thiophene rings is 1. The van der Waals surface area contributed by atoms with Crippen molar-refractivity contribution in [3.05, 3.63) is 62.7 Å². The molecular weight excluding hydrogens is 506 g/mol. The maximum atomic E-state index is 12.9. The van der Waals surface area contributed by atoms with Gasteiger partial charge in [0, 0.05) is 15.5 Å². The lowest BCUT2D eigenvalue weighted by Crippen LogP contribution is -2.19. The van der Waals surface area contributed by atoms with Crippen LogP contribution in [0.2, 0.25) is 0 Å². The quantitative estimate of drug-likeness (QED) is 0.369. The number of fused-ring (bicyclic) bond motifs is 1. The Balaban J connectivity index is 1.47. The summed E-state index contributed by atoms with van der Waals surface area (Å²) in [5.74, 6) is -0.0330. The summed E-state index contributed by atoms with van der Waals surface area (Å²) in [7, 11) is 0. The zero-order valence-corrected chi connectivity index (χ0v) is 21.0. The first kappa shape index (κ1) is 23.5. The second-order valence-electron chi connectivity index (χ2n) is 7.96. The van der Waals surface area contributed by atoms with Crippen LogP contribution >= 0.6 is 27.3 Å². The van der Waals surface area contributed by atoms with Crippen molar-refractivity contribution < 1.29 is 19.1 Å². The third-order valence-corrected chi connectivity index (χ3v) is 7.27. The van der Waals surface area contributed by atoms with E-state index in [1.54, 1.807) is 16.9 Å². The molecule has 0 bridgehead atoms. The van der Waals surface area contributed by atoms with Crippen molar-refractivity contribution in [3.8, 4) is 5.75 Å². The van der Waals surface area contributed by atoms with Gasteiger partial charge in [0.25, 0.3) is 5.91 Å². The maximum Gasteiger partial charge on any atom is 0.341 e. The molecule has 1 unspecified atom stereocenters. The molecule has 9 heteroatoms. The van der Waals surface area contributed by atoms with E-state index < -0.39 is 0 Å². The molecule has 2 aromatic heterocycles. The fourth-order valence-corrected chi connectivity index (χ4v) is 5.12. The third-order valence-electron chi connectivity index (χ3n) is 5.54. The third kappa shape index (κ3) is 5.65. The first-order valence-corrected chi connectivity index (χ1v) is 12.6. The van der Waals surface area contributed by atoms with Crippen LogP contribution in [0.3, 0.4) is 0 Å². The Morgan fingerprint density at radius 2 is 1.97 bits per heavy atom. The second-order valence-corrected chi connectivity index (χ2v) is 9.98. The Labute approximate surface area is 205 Å². The molecule has 0 radical (unpaired) electrons. The molecule has 33 heavy (non-hydrogen) atoms. The highest BCUT2D eigenvalue weighted by Crippen LogP contribution is 2.39. The number of carbonyl (C=O) groups excluding carboxylic acids is 2. The van der Waals surface area contributed by atoms with Crippen LogP contribution in [0.1, 0.15) is 64.4 Å². The van der Waals surface area contributed by atoms with Crippen LogP contribution in [0.15, 0.2) is 41.0 Å². The summed E-state index contributed by atoms with van der Waals surface area (Å²) >= 11 is 4.86. The molecule has 7 nitrogen and oxygen atoms in total. The topological polar surface area (TPSA) is 82.5 Å². The molecule has 0 saturated carbocycles. The van der Waals surface area contributed by atoms with Crippen molar-refractivity contribution in [2.75, 3.05) is 5.32 Å². The molecule has 3 aromatic rings. The minimum absolute atomic E-state index is 0.175. The number of anilines is 1. The van der Waals surface area contributed by atoms with Crippen LogP contribution in [0.25, 0.3) is 0 Å². The smallest absolute Gasteiger partial charge is 0.341 e. The van der Waals surface area contributed by atoms with E-state index in [2.05, 4.69) is 26.3 Å². The van der Waals surface area contributed by atoms with Crippen molar-refractivity contribution in [2.24, 2.45) is 0 Å². The molecule has 1 amide bonds. The van der Waals surface area contributed by atoms with E-state index >= 15 is 0 Å². The summed E-state index contributed by atoms with van der Waals surface area (Å²) in [5.41, 5.74) is 1.77. The highest BCUT2D eigenvalue weighted by Gasteiger charge is 2.28. The molecule has 1 aliphatic carbocycles. The average Bonchev–Trinajstić information content (AvgIpc) is 3.43. The fraction of sp³-hybridized carbons (Fsp3) is 0.375. The van der Waals surface area contributed by atoms with Crippen LogP contribution in [0.5, 0.6) is 5.75 Å². The highest BCUT2D eigenvalue weighted by atomic mass is 79.9. The van der Waals surface area contributed by atoms with Gasteiger partial charge in [0.1, 0.15) is 10.8 Å². The van der Waals surface area contributed by atoms with Gasteiger partial charge in [-0.05, 0) is 74.9 Å². The number of esters is 1. The van der Waals surface area contributed by atoms with Crippen LogP contribution in [0.4, 0.5) is 5.00 Å². The van der Waals surface area contributed by atoms with Gasteiger partial charge in [-0.15, -0.1) is 11.3 Å². The van der Waals surface area contributed by atoms with E-state index in [0.29, 0.717) is 16.3 Å². The van der Waals surface area contributed by atoms with Crippen LogP contribution in [-0.4, -0.2) is 27.8 Å². The number of hydrogen-bond donors (Lipinski definition) is 1. The zero-order chi connectivity index (χ0) is 23.4. The van der Waals surface area contributed by atoms with Crippen LogP contribution in [0, 0.1) is 0 Å². The normalized spacial score (nSPS) is 13.8. The van der Waals surface area contributed by atoms with E-state index in [0.717, 1.165) is 47.0 Å². The fourth-order valence-electron chi connectivity index (χ4n) is 3.59. The first-order valence-electron chi connectivity index (χ1n) is 11.0. The molecule has 1 N–H and O–H groups in total. The minimum atomic E-state index is -0.368. The van der Waals surface area contributed by atoms with Crippen LogP contribution < -0.4 is 10.1 Å². The van der Waals surface area contributed by atoms with Crippen molar-refractivity contribution in [2.45, 2.75) is 58.8 Å². The largest absolute Gasteiger partial charge is 0.471 e. The lowest BCUT2D eigenvalue weighted by molar-refractivity contribution is 0.0335. The zero-order valence-electron chi connectivity index (χ0n) is 18.6. The van der Waals surface area contributed by atoms with Gasteiger partial charge >= 0.3 is 5.97 Å². The number of benzene rings is 1. The number of hydrogen-bond acceptors (Lipinski definition) is 6. The van der Waals surface area contributed by atoms with E-state index in [9.17, 15) is 9.59 Å². The van der Waals surface area contributed by atoms with E-state index in [1.165, 1.54) is 11.3 Å². The summed E-state index contributed by atoms with van der Waals surface area (Å²) in [6.07, 6.45) is 6.11. The van der Waals surface area contributed by atoms with Gasteiger partial charge < -0.3 is 14.8 Å². The lowest BCUT2D eigenvalue weighted by Gasteiger charge is -2.15. The van der Waals surface area contributed by atoms with Gasteiger partial charge in [0.2, 0.25) is 0 Å². The number of aromatic nitrogens is 2. The van der Waals surface area contributed by atoms with Crippen molar-refractivity contribution >= 4 is 44.1 Å². The van der Waals surface area contributed by atoms with Crippen molar-refractivity contribution in [1.29, 1.82) is 0 Å². The molecule has 174 valence electrons. The number of halogens is 1. The van der Waals surface area contributed by atoms with Crippen molar-refractivity contribution in [1.82, 2.24) is 9.78 Å². The van der Waals surface area contributed by atoms with Gasteiger partial charge in [0.15, 0.2) is 12.4 Å². The number of nitrogens with zero attached hydrogens (tertiary/aromatic N) is 2. The Hall–Kier alpha value is -2.65. The van der Waals surface area contributed by atoms with Gasteiger partial charge in [-0.1, -0.05) is 22.9 Å². The molecular formula is C24H26BrN3O4S. The second kappa shape index (κ2) is 10.5. The molecule has 1 aliphatic rings. The molecule has 0 saturated heterocycles. The predicted molar refractivity (Wildman–Crippen MR) is 131 cm³/mol. The number of amides is 1. The summed E-state index contributed by atoms with van der Waals surface area (Å²) < 4.78 is 13.8. The molecule has 2 heterocycles. The first-order chi connectivity index (χ1) is 15.9. The SMILES string of the molecule is CCC(C)OC(=O)c1c(NC(=O)c2ccn(COc3ccc(Br)cc3)n2)sc2c1CCCC2. The number of nitrogens with one attached hydrogen (secondary N) is 1. The van der Waals surface area contributed by atoms with Crippen LogP contribution in [-0.2, 0) is 24.3 Å². The number of aryl methyl sites for hydroxylation is 1. The van der Waals surface area contributed by atoms with Gasteiger partial charge in [-0.25, -0.2) is 9.48 Å². The summed E-state index contributed by atoms with van der Waals surface area (Å²) in [6, 6.07) is 9.11. The number of rotatable bonds is 8. The van der Waals surface area contributed by atoms with Gasteiger partial charge in [-0.2, -0.15) is 5.10 Å². The van der Waals surface area contributed by atoms with E-state index in [1.807, 2.05) is 38.1 Å². The highest BCUT2D eigenvalue weighted by molar-refractivity contribution is 9.10. The van der Waals surface area contributed by atoms with Gasteiger partial charge in [0.05, 0.1) is 11.7 Å². The van der Waals surface area contributed by atoms with Crippen molar-refractivity contribution in [3.63, 3.8) is 0 Å². The Morgan fingerprint density at radius 3 is 2.73 bits per heavy atom. The molecule has 4 rings (SSSR count). The molecule has 0 aliphatic heterocycles. The molecule has 0 fully saturated rings. The van der Waals surface area contributed by atoms with E-state index in [4.69, 9.17) is 9.47 Å². The summed E-state index contributed by atoms with van der Waals surface area (Å²) in [5, 5.41) is 7.76.